The number of alkyl halides is 4. The van der Waals surface area contributed by atoms with Gasteiger partial charge in [0.2, 0.25) is 0 Å². The summed E-state index contributed by atoms with van der Waals surface area (Å²) in [6.07, 6.45) is 0.371. The number of hydrogen-bond donors (Lipinski definition) is 4. The second kappa shape index (κ2) is 14.5. The molecule has 2 aliphatic rings. The summed E-state index contributed by atoms with van der Waals surface area (Å²) < 4.78 is 98.8. The average molecular weight is 806 g/mol. The van der Waals surface area contributed by atoms with E-state index < -0.39 is 80.7 Å². The smallest absolute Gasteiger partial charge is 0.420 e. The third-order valence-corrected chi connectivity index (χ3v) is 11.8. The standard InChI is InChI=1S/C39H33F6N9O2S/c40-20-15-38(10-2-14-54(38)17-20)18-56-37-52-31-28(36(53-37)51-25(21-3-1-11-50-34(21)47)7-4-19-8-12-49-13-9-19)32(55)29(39(43,44)45)27(30(31)42)22-5-6-24(41)33-26(22)23(16-46)35(48)57-33/h1,3,5-6,8-9,11-13,20,25,55H,2,4,7,10,14-15,17-18,48H2,(H2,47,50)(H,51,52,53)/t20-,25-,38+/m1/s1. The molecular weight excluding hydrogens is 773 g/mol. The van der Waals surface area contributed by atoms with Crippen LogP contribution in [-0.2, 0) is 12.6 Å². The topological polar surface area (TPSA) is 172 Å². The van der Waals surface area contributed by atoms with E-state index in [9.17, 15) is 14.8 Å². The minimum atomic E-state index is -5.42. The molecule has 6 N–H and O–H groups in total. The highest BCUT2D eigenvalue weighted by Gasteiger charge is 2.49. The van der Waals surface area contributed by atoms with Crippen LogP contribution in [0.5, 0.6) is 11.8 Å². The van der Waals surface area contributed by atoms with Crippen molar-refractivity contribution in [2.24, 2.45) is 0 Å². The lowest BCUT2D eigenvalue weighted by Gasteiger charge is -2.31. The van der Waals surface area contributed by atoms with Gasteiger partial charge < -0.3 is 26.6 Å². The average Bonchev–Trinajstić information content (AvgIpc) is 3.83. The number of anilines is 3. The molecule has 8 rings (SSSR count). The molecule has 0 bridgehead atoms. The van der Waals surface area contributed by atoms with E-state index in [-0.39, 0.29) is 52.5 Å². The van der Waals surface area contributed by atoms with Crippen molar-refractivity contribution in [2.45, 2.75) is 56.0 Å². The fourth-order valence-corrected chi connectivity index (χ4v) is 9.15. The molecule has 2 fully saturated rings. The van der Waals surface area contributed by atoms with Crippen molar-refractivity contribution in [1.29, 1.82) is 5.26 Å². The molecule has 2 aliphatic heterocycles. The predicted octanol–water partition coefficient (Wildman–Crippen LogP) is 8.08. The number of nitrogen functional groups attached to an aromatic ring is 2. The minimum absolute atomic E-state index is 0.0966. The van der Waals surface area contributed by atoms with Crippen LogP contribution in [0.25, 0.3) is 32.1 Å². The number of benzene rings is 2. The molecule has 2 saturated heterocycles. The van der Waals surface area contributed by atoms with Crippen LogP contribution in [0, 0.1) is 23.0 Å². The van der Waals surface area contributed by atoms with Crippen molar-refractivity contribution in [3.63, 3.8) is 0 Å². The number of hydrogen-bond acceptors (Lipinski definition) is 12. The SMILES string of the molecule is N#Cc1c(N)sc2c(F)ccc(-c3c(C(F)(F)F)c(O)c4c(N[C@H](CCc5ccncc5)c5cccnc5N)nc(OC[C@@]56CCCN5C[C@H](F)C6)nc4c3F)c12. The summed E-state index contributed by atoms with van der Waals surface area (Å²) in [5.41, 5.74) is 8.17. The quantitative estimate of drug-likeness (QED) is 0.0987. The predicted molar refractivity (Wildman–Crippen MR) is 202 cm³/mol. The number of halogens is 6. The van der Waals surface area contributed by atoms with Gasteiger partial charge in [-0.2, -0.15) is 28.4 Å². The van der Waals surface area contributed by atoms with Gasteiger partial charge in [-0.1, -0.05) is 12.1 Å². The molecule has 11 nitrogen and oxygen atoms in total. The van der Waals surface area contributed by atoms with Crippen LogP contribution >= 0.6 is 11.3 Å². The van der Waals surface area contributed by atoms with Crippen molar-refractivity contribution in [2.75, 3.05) is 36.5 Å². The Hall–Kier alpha value is -5.93. The van der Waals surface area contributed by atoms with Gasteiger partial charge in [0.15, 0.2) is 5.82 Å². The largest absolute Gasteiger partial charge is 0.506 e. The fraction of sp³-hybridized carbons (Fsp3) is 0.308. The molecule has 0 amide bonds. The first-order valence-electron chi connectivity index (χ1n) is 17.9. The maximum atomic E-state index is 17.4. The molecule has 18 heteroatoms. The second-order valence-corrected chi connectivity index (χ2v) is 15.2. The lowest BCUT2D eigenvalue weighted by atomic mass is 9.91. The number of aryl methyl sites for hydroxylation is 1. The minimum Gasteiger partial charge on any atom is -0.506 e. The fourth-order valence-electron chi connectivity index (χ4n) is 8.20. The molecule has 6 aromatic rings. The molecule has 294 valence electrons. The first-order valence-corrected chi connectivity index (χ1v) is 18.7. The van der Waals surface area contributed by atoms with Crippen LogP contribution in [0.4, 0.5) is 43.0 Å². The first-order chi connectivity index (χ1) is 27.3. The van der Waals surface area contributed by atoms with Crippen LogP contribution in [0.2, 0.25) is 0 Å². The number of phenolic OH excluding ortho intramolecular Hbond substituents is 1. The lowest BCUT2D eigenvalue weighted by Crippen LogP contribution is -2.43. The van der Waals surface area contributed by atoms with E-state index in [2.05, 4.69) is 25.3 Å². The highest BCUT2D eigenvalue weighted by atomic mass is 32.1. The Labute approximate surface area is 325 Å². The van der Waals surface area contributed by atoms with E-state index in [0.29, 0.717) is 36.3 Å². The van der Waals surface area contributed by atoms with Crippen LogP contribution < -0.4 is 21.5 Å². The molecule has 57 heavy (non-hydrogen) atoms. The Bertz CT molecular complexity index is 2570. The Morgan fingerprint density at radius 3 is 2.63 bits per heavy atom. The number of ether oxygens (including phenoxy) is 1. The Morgan fingerprint density at radius 2 is 1.89 bits per heavy atom. The van der Waals surface area contributed by atoms with Crippen molar-refractivity contribution < 1.29 is 36.2 Å². The number of fused-ring (bicyclic) bond motifs is 3. The third-order valence-electron chi connectivity index (χ3n) is 10.8. The van der Waals surface area contributed by atoms with Gasteiger partial charge in [-0.05, 0) is 67.6 Å². The Morgan fingerprint density at radius 1 is 1.11 bits per heavy atom. The van der Waals surface area contributed by atoms with Gasteiger partial charge in [-0.3, -0.25) is 9.88 Å². The van der Waals surface area contributed by atoms with Crippen LogP contribution in [-0.4, -0.2) is 61.3 Å². The lowest BCUT2D eigenvalue weighted by molar-refractivity contribution is -0.138. The first kappa shape index (κ1) is 38.0. The number of thiophene rings is 1. The van der Waals surface area contributed by atoms with Gasteiger partial charge in [0.25, 0.3) is 0 Å². The summed E-state index contributed by atoms with van der Waals surface area (Å²) in [6, 6.07) is 9.06. The van der Waals surface area contributed by atoms with Gasteiger partial charge in [0.1, 0.15) is 58.1 Å². The van der Waals surface area contributed by atoms with Crippen molar-refractivity contribution >= 4 is 49.0 Å². The zero-order valence-electron chi connectivity index (χ0n) is 29.9. The third kappa shape index (κ3) is 6.73. The molecule has 2 aromatic carbocycles. The second-order valence-electron chi connectivity index (χ2n) is 14.2. The zero-order chi connectivity index (χ0) is 40.2. The number of rotatable bonds is 10. The number of aromatic hydroxyl groups is 1. The van der Waals surface area contributed by atoms with Gasteiger partial charge in [0.05, 0.1) is 27.2 Å². The highest BCUT2D eigenvalue weighted by molar-refractivity contribution is 7.23. The maximum absolute atomic E-state index is 17.4. The number of nitriles is 1. The highest BCUT2D eigenvalue weighted by Crippen LogP contribution is 2.52. The van der Waals surface area contributed by atoms with E-state index in [1.807, 2.05) is 4.90 Å². The van der Waals surface area contributed by atoms with Gasteiger partial charge >= 0.3 is 12.2 Å². The molecule has 3 atom stereocenters. The zero-order valence-corrected chi connectivity index (χ0v) is 30.7. The molecule has 0 unspecified atom stereocenters. The summed E-state index contributed by atoms with van der Waals surface area (Å²) >= 11 is 0.614. The van der Waals surface area contributed by atoms with Crippen LogP contribution in [0.15, 0.2) is 55.0 Å². The molecule has 0 spiro atoms. The van der Waals surface area contributed by atoms with Gasteiger partial charge in [-0.15, -0.1) is 11.3 Å². The normalized spacial score (nSPS) is 18.9. The number of aromatic nitrogens is 4. The Balaban J connectivity index is 1.36. The Kier molecular flexibility index (Phi) is 9.68. The molecule has 0 radical (unpaired) electrons. The van der Waals surface area contributed by atoms with Crippen molar-refractivity contribution in [3.05, 3.63) is 88.9 Å². The molecular formula is C39H33F6N9O2S. The molecule has 6 heterocycles. The van der Waals surface area contributed by atoms with E-state index in [4.69, 9.17) is 16.2 Å². The summed E-state index contributed by atoms with van der Waals surface area (Å²) in [6.45, 7) is 0.728. The number of pyridine rings is 2. The molecule has 0 saturated carbocycles. The number of nitrogens with zero attached hydrogens (tertiary/aromatic N) is 6. The monoisotopic (exact) mass is 805 g/mol. The molecule has 0 aliphatic carbocycles. The number of nitrogens with one attached hydrogen (secondary N) is 1. The van der Waals surface area contributed by atoms with E-state index in [0.717, 1.165) is 24.1 Å². The van der Waals surface area contributed by atoms with E-state index >= 15 is 22.0 Å². The van der Waals surface area contributed by atoms with E-state index in [1.54, 1.807) is 42.7 Å². The van der Waals surface area contributed by atoms with Gasteiger partial charge in [-0.25, -0.2) is 18.2 Å². The summed E-state index contributed by atoms with van der Waals surface area (Å²) in [5, 5.41) is 23.5. The summed E-state index contributed by atoms with van der Waals surface area (Å²) in [4.78, 5) is 18.9. The van der Waals surface area contributed by atoms with Crippen molar-refractivity contribution in [3.8, 4) is 29.0 Å². The van der Waals surface area contributed by atoms with E-state index in [1.165, 1.54) is 6.20 Å². The summed E-state index contributed by atoms with van der Waals surface area (Å²) in [7, 11) is 0. The summed E-state index contributed by atoms with van der Waals surface area (Å²) in [5.74, 6) is -4.23. The number of nitrogens with two attached hydrogens (primary N) is 2. The molecule has 4 aromatic heterocycles. The van der Waals surface area contributed by atoms with Crippen LogP contribution in [0.1, 0.15) is 54.0 Å². The van der Waals surface area contributed by atoms with Crippen molar-refractivity contribution in [1.82, 2.24) is 24.8 Å². The van der Waals surface area contributed by atoms with Crippen LogP contribution in [0.3, 0.4) is 0 Å². The number of phenols is 1. The van der Waals surface area contributed by atoms with Gasteiger partial charge in [0, 0.05) is 48.1 Å². The maximum Gasteiger partial charge on any atom is 0.420 e.